The first-order chi connectivity index (χ1) is 36.5. The van der Waals surface area contributed by atoms with E-state index in [9.17, 15) is 14.4 Å². The summed E-state index contributed by atoms with van der Waals surface area (Å²) in [5, 5.41) is 0. The van der Waals surface area contributed by atoms with E-state index < -0.39 is 6.10 Å². The van der Waals surface area contributed by atoms with Gasteiger partial charge in [0.1, 0.15) is 13.2 Å². The average Bonchev–Trinajstić information content (AvgIpc) is 3.40. The average molecular weight is 1020 g/mol. The van der Waals surface area contributed by atoms with Crippen LogP contribution < -0.4 is 0 Å². The molecule has 0 aliphatic rings. The van der Waals surface area contributed by atoms with Gasteiger partial charge in [-0.15, -0.1) is 0 Å². The van der Waals surface area contributed by atoms with E-state index in [1.807, 2.05) is 0 Å². The maximum absolute atomic E-state index is 12.8. The summed E-state index contributed by atoms with van der Waals surface area (Å²) in [6.07, 6.45) is 87.1. The second kappa shape index (κ2) is 60.8. The summed E-state index contributed by atoms with van der Waals surface area (Å²) in [4.78, 5) is 38.1. The quantitative estimate of drug-likeness (QED) is 0.0261. The van der Waals surface area contributed by atoms with Gasteiger partial charge in [0.25, 0.3) is 0 Å². The Balaban J connectivity index is 4.36. The molecule has 6 nitrogen and oxygen atoms in total. The van der Waals surface area contributed by atoms with Crippen molar-refractivity contribution in [1.82, 2.24) is 0 Å². The van der Waals surface area contributed by atoms with E-state index in [0.717, 1.165) is 167 Å². The Morgan fingerprint density at radius 3 is 0.838 bits per heavy atom. The van der Waals surface area contributed by atoms with E-state index in [1.165, 1.54) is 38.5 Å². The molecular formula is C68H108O6. The fourth-order valence-corrected chi connectivity index (χ4v) is 7.65. The van der Waals surface area contributed by atoms with Crippen LogP contribution in [-0.2, 0) is 28.6 Å². The first kappa shape index (κ1) is 69.3. The molecule has 0 heterocycles. The summed E-state index contributed by atoms with van der Waals surface area (Å²) in [6, 6.07) is 0. The highest BCUT2D eigenvalue weighted by molar-refractivity contribution is 5.71. The fraction of sp³-hybridized carbons (Fsp3) is 0.603. The Labute approximate surface area is 455 Å². The number of hydrogen-bond donors (Lipinski definition) is 0. The van der Waals surface area contributed by atoms with Crippen LogP contribution in [0.3, 0.4) is 0 Å². The fourth-order valence-electron chi connectivity index (χ4n) is 7.65. The number of unbranched alkanes of at least 4 members (excludes halogenated alkanes) is 17. The van der Waals surface area contributed by atoms with Crippen LogP contribution >= 0.6 is 0 Å². The normalized spacial score (nSPS) is 13.2. The van der Waals surface area contributed by atoms with E-state index in [0.29, 0.717) is 19.3 Å². The van der Waals surface area contributed by atoms with Gasteiger partial charge >= 0.3 is 17.9 Å². The molecule has 0 aromatic heterocycles. The van der Waals surface area contributed by atoms with Crippen molar-refractivity contribution in [3.63, 3.8) is 0 Å². The molecule has 0 saturated carbocycles. The molecule has 416 valence electrons. The van der Waals surface area contributed by atoms with Crippen LogP contribution in [0.25, 0.3) is 0 Å². The molecule has 0 radical (unpaired) electrons. The third-order valence-electron chi connectivity index (χ3n) is 12.0. The SMILES string of the molecule is CC/C=C\C/C=C\C/C=C\C/C=C\C/C=C\C/C=C\C/C=C\C/C=C\CCCCCCC(=O)OCC(COC(=O)CCCCCCC/C=C\CCC)OC(=O)CCCCCCCCC/C=C\C/C=C\C/C=C\CC. The lowest BCUT2D eigenvalue weighted by Gasteiger charge is -2.18. The molecule has 0 aliphatic heterocycles. The van der Waals surface area contributed by atoms with Gasteiger partial charge in [-0.25, -0.2) is 0 Å². The molecule has 0 rings (SSSR count). The lowest BCUT2D eigenvalue weighted by molar-refractivity contribution is -0.167. The number of allylic oxidation sites excluding steroid dienone is 24. The topological polar surface area (TPSA) is 78.9 Å². The first-order valence-electron chi connectivity index (χ1n) is 29.8. The molecule has 0 amide bonds. The summed E-state index contributed by atoms with van der Waals surface area (Å²) in [6.45, 7) is 6.30. The molecule has 0 spiro atoms. The zero-order valence-corrected chi connectivity index (χ0v) is 47.5. The van der Waals surface area contributed by atoms with Crippen molar-refractivity contribution in [2.45, 2.75) is 252 Å². The maximum Gasteiger partial charge on any atom is 0.306 e. The smallest absolute Gasteiger partial charge is 0.306 e. The van der Waals surface area contributed by atoms with Crippen molar-refractivity contribution in [1.29, 1.82) is 0 Å². The molecule has 0 bridgehead atoms. The number of rotatable bonds is 52. The van der Waals surface area contributed by atoms with Crippen LogP contribution in [0.2, 0.25) is 0 Å². The lowest BCUT2D eigenvalue weighted by atomic mass is 10.1. The highest BCUT2D eigenvalue weighted by Gasteiger charge is 2.19. The second-order valence-electron chi connectivity index (χ2n) is 19.1. The summed E-state index contributed by atoms with van der Waals surface area (Å²) < 4.78 is 16.8. The predicted molar refractivity (Wildman–Crippen MR) is 320 cm³/mol. The highest BCUT2D eigenvalue weighted by Crippen LogP contribution is 2.14. The van der Waals surface area contributed by atoms with Crippen molar-refractivity contribution in [3.8, 4) is 0 Å². The van der Waals surface area contributed by atoms with Gasteiger partial charge in [0.15, 0.2) is 6.10 Å². The van der Waals surface area contributed by atoms with Crippen molar-refractivity contribution in [2.75, 3.05) is 13.2 Å². The molecule has 0 aromatic carbocycles. The molecule has 74 heavy (non-hydrogen) atoms. The van der Waals surface area contributed by atoms with Crippen molar-refractivity contribution >= 4 is 17.9 Å². The predicted octanol–water partition coefficient (Wildman–Crippen LogP) is 20.4. The molecule has 1 atom stereocenters. The van der Waals surface area contributed by atoms with Gasteiger partial charge in [0.05, 0.1) is 0 Å². The summed E-state index contributed by atoms with van der Waals surface area (Å²) in [7, 11) is 0. The van der Waals surface area contributed by atoms with Crippen molar-refractivity contribution < 1.29 is 28.6 Å². The minimum atomic E-state index is -0.803. The van der Waals surface area contributed by atoms with E-state index in [-0.39, 0.29) is 31.1 Å². The summed E-state index contributed by atoms with van der Waals surface area (Å²) >= 11 is 0. The molecule has 0 aliphatic carbocycles. The molecule has 0 fully saturated rings. The standard InChI is InChI=1S/C68H108O6/c1-4-7-10-13-16-19-22-24-26-28-29-30-31-32-33-34-35-36-37-38-39-41-42-44-46-49-52-55-58-61-67(70)73-64-65(63-72-66(69)60-57-54-51-48-21-18-15-12-9-6-3)74-68(71)62-59-56-53-50-47-45-43-40-27-25-23-20-17-14-11-8-5-2/h7-8,10-12,15-17,19-20,24-27,29-30,32-33,35-36,38-39,42,44,65H,4-6,9,13-14,18,21-23,28,31,34,37,40-41,43,45-64H2,1-3H3/b10-7-,11-8-,15-12-,19-16-,20-17-,26-24-,27-25-,30-29-,33-32-,36-35-,39-38-,44-42-. The van der Waals surface area contributed by atoms with Crippen LogP contribution in [0.1, 0.15) is 245 Å². The van der Waals surface area contributed by atoms with E-state index in [4.69, 9.17) is 14.2 Å². The van der Waals surface area contributed by atoms with E-state index in [1.54, 1.807) is 0 Å². The second-order valence-corrected chi connectivity index (χ2v) is 19.1. The third kappa shape index (κ3) is 58.2. The van der Waals surface area contributed by atoms with Gasteiger partial charge in [-0.1, -0.05) is 237 Å². The van der Waals surface area contributed by atoms with Gasteiger partial charge in [-0.05, 0) is 135 Å². The van der Waals surface area contributed by atoms with Gasteiger partial charge < -0.3 is 14.2 Å². The minimum Gasteiger partial charge on any atom is -0.462 e. The molecule has 0 saturated heterocycles. The number of carbonyl (C=O) groups excluding carboxylic acids is 3. The number of hydrogen-bond acceptors (Lipinski definition) is 6. The Morgan fingerprint density at radius 2 is 0.527 bits per heavy atom. The molecule has 0 N–H and O–H groups in total. The lowest BCUT2D eigenvalue weighted by Crippen LogP contribution is -2.30. The zero-order chi connectivity index (χ0) is 53.6. The highest BCUT2D eigenvalue weighted by atomic mass is 16.6. The first-order valence-corrected chi connectivity index (χ1v) is 29.8. The Bertz CT molecular complexity index is 1640. The Hall–Kier alpha value is -4.71. The van der Waals surface area contributed by atoms with E-state index in [2.05, 4.69) is 167 Å². The van der Waals surface area contributed by atoms with Crippen molar-refractivity contribution in [2.24, 2.45) is 0 Å². The molecule has 6 heteroatoms. The summed E-state index contributed by atoms with van der Waals surface area (Å²) in [5.74, 6) is -0.952. The summed E-state index contributed by atoms with van der Waals surface area (Å²) in [5.41, 5.74) is 0. The van der Waals surface area contributed by atoms with Crippen LogP contribution in [-0.4, -0.2) is 37.2 Å². The van der Waals surface area contributed by atoms with Gasteiger partial charge in [0, 0.05) is 19.3 Å². The van der Waals surface area contributed by atoms with Crippen LogP contribution in [0, 0.1) is 0 Å². The number of esters is 3. The zero-order valence-electron chi connectivity index (χ0n) is 47.5. The number of ether oxygens (including phenoxy) is 3. The molecular weight excluding hydrogens is 913 g/mol. The monoisotopic (exact) mass is 1020 g/mol. The Kier molecular flexibility index (Phi) is 57.0. The largest absolute Gasteiger partial charge is 0.462 e. The van der Waals surface area contributed by atoms with E-state index >= 15 is 0 Å². The van der Waals surface area contributed by atoms with Crippen LogP contribution in [0.15, 0.2) is 146 Å². The third-order valence-corrected chi connectivity index (χ3v) is 12.0. The van der Waals surface area contributed by atoms with Gasteiger partial charge in [0.2, 0.25) is 0 Å². The Morgan fingerprint density at radius 1 is 0.284 bits per heavy atom. The maximum atomic E-state index is 12.8. The van der Waals surface area contributed by atoms with Gasteiger partial charge in [-0.2, -0.15) is 0 Å². The molecule has 1 unspecified atom stereocenters. The van der Waals surface area contributed by atoms with Gasteiger partial charge in [-0.3, -0.25) is 14.4 Å². The minimum absolute atomic E-state index is 0.0999. The van der Waals surface area contributed by atoms with Crippen LogP contribution in [0.4, 0.5) is 0 Å². The molecule has 0 aromatic rings. The number of carbonyl (C=O) groups is 3. The van der Waals surface area contributed by atoms with Crippen LogP contribution in [0.5, 0.6) is 0 Å². The van der Waals surface area contributed by atoms with Crippen molar-refractivity contribution in [3.05, 3.63) is 146 Å².